The van der Waals surface area contributed by atoms with Gasteiger partial charge in [0, 0.05) is 25.4 Å². The van der Waals surface area contributed by atoms with Crippen molar-refractivity contribution in [1.29, 1.82) is 0 Å². The lowest BCUT2D eigenvalue weighted by atomic mass is 10.2. The zero-order valence-corrected chi connectivity index (χ0v) is 13.8. The lowest BCUT2D eigenvalue weighted by Gasteiger charge is -2.15. The van der Waals surface area contributed by atoms with E-state index in [1.165, 1.54) is 16.9 Å². The van der Waals surface area contributed by atoms with Crippen LogP contribution in [0.25, 0.3) is 0 Å². The summed E-state index contributed by atoms with van der Waals surface area (Å²) in [5.41, 5.74) is 2.85. The zero-order chi connectivity index (χ0) is 16.1. The Kier molecular flexibility index (Phi) is 4.83. The molecule has 0 fully saturated rings. The van der Waals surface area contributed by atoms with Gasteiger partial charge >= 0.3 is 0 Å². The van der Waals surface area contributed by atoms with Gasteiger partial charge in [0.1, 0.15) is 5.69 Å². The van der Waals surface area contributed by atoms with Crippen LogP contribution >= 0.6 is 11.3 Å². The van der Waals surface area contributed by atoms with E-state index in [0.717, 1.165) is 17.0 Å². The number of carbonyl (C=O) groups excluding carboxylic acids is 1. The first-order valence-corrected chi connectivity index (χ1v) is 8.38. The van der Waals surface area contributed by atoms with Crippen molar-refractivity contribution in [3.8, 4) is 0 Å². The van der Waals surface area contributed by atoms with E-state index in [1.807, 2.05) is 61.0 Å². The number of amides is 1. The third-order valence-electron chi connectivity index (χ3n) is 3.58. The van der Waals surface area contributed by atoms with Crippen LogP contribution in [0.1, 0.15) is 26.6 Å². The minimum atomic E-state index is -0.0376. The Morgan fingerprint density at radius 3 is 2.26 bits per heavy atom. The average Bonchev–Trinajstić information content (AvgIpc) is 3.04. The summed E-state index contributed by atoms with van der Waals surface area (Å²) in [6.07, 6.45) is 0.765. The summed E-state index contributed by atoms with van der Waals surface area (Å²) in [5, 5.41) is 2.81. The second-order valence-electron chi connectivity index (χ2n) is 5.44. The standard InChI is InChI=1S/C19H18N2OS/c1-21(13-16-10-6-3-7-11-16)19(22)17-14-23-18(20-17)12-15-8-4-2-5-9-15/h2-11,14H,12-13H2,1H3. The molecule has 0 saturated heterocycles. The van der Waals surface area contributed by atoms with Crippen LogP contribution in [0.5, 0.6) is 0 Å². The van der Waals surface area contributed by atoms with Gasteiger partial charge in [-0.15, -0.1) is 11.3 Å². The summed E-state index contributed by atoms with van der Waals surface area (Å²) < 4.78 is 0. The minimum absolute atomic E-state index is 0.0376. The molecule has 0 unspecified atom stereocenters. The molecule has 3 rings (SSSR count). The molecule has 0 atom stereocenters. The Morgan fingerprint density at radius 1 is 1.00 bits per heavy atom. The molecule has 0 saturated carbocycles. The second-order valence-corrected chi connectivity index (χ2v) is 6.38. The summed E-state index contributed by atoms with van der Waals surface area (Å²) in [4.78, 5) is 18.7. The van der Waals surface area contributed by atoms with Crippen LogP contribution in [0.4, 0.5) is 0 Å². The predicted molar refractivity (Wildman–Crippen MR) is 93.6 cm³/mol. The summed E-state index contributed by atoms with van der Waals surface area (Å²) >= 11 is 1.54. The SMILES string of the molecule is CN(Cc1ccccc1)C(=O)c1csc(Cc2ccccc2)n1. The van der Waals surface area contributed by atoms with Crippen LogP contribution in [-0.2, 0) is 13.0 Å². The highest BCUT2D eigenvalue weighted by Gasteiger charge is 2.15. The quantitative estimate of drug-likeness (QED) is 0.711. The molecule has 23 heavy (non-hydrogen) atoms. The number of rotatable bonds is 5. The molecule has 116 valence electrons. The fourth-order valence-corrected chi connectivity index (χ4v) is 3.19. The molecule has 0 bridgehead atoms. The first-order chi connectivity index (χ1) is 11.2. The van der Waals surface area contributed by atoms with Gasteiger partial charge in [0.2, 0.25) is 0 Å². The van der Waals surface area contributed by atoms with Crippen molar-refractivity contribution in [3.63, 3.8) is 0 Å². The van der Waals surface area contributed by atoms with Crippen molar-refractivity contribution in [1.82, 2.24) is 9.88 Å². The van der Waals surface area contributed by atoms with E-state index in [2.05, 4.69) is 17.1 Å². The van der Waals surface area contributed by atoms with Crippen LogP contribution in [0.3, 0.4) is 0 Å². The van der Waals surface area contributed by atoms with E-state index >= 15 is 0 Å². The number of nitrogens with zero attached hydrogens (tertiary/aromatic N) is 2. The van der Waals surface area contributed by atoms with E-state index < -0.39 is 0 Å². The van der Waals surface area contributed by atoms with Crippen molar-refractivity contribution in [2.75, 3.05) is 7.05 Å². The Labute approximate surface area is 140 Å². The molecule has 1 amide bonds. The van der Waals surface area contributed by atoms with Crippen LogP contribution in [0.2, 0.25) is 0 Å². The lowest BCUT2D eigenvalue weighted by molar-refractivity contribution is 0.0780. The maximum absolute atomic E-state index is 12.5. The smallest absolute Gasteiger partial charge is 0.273 e. The van der Waals surface area contributed by atoms with Crippen LogP contribution in [0.15, 0.2) is 66.0 Å². The molecule has 0 aliphatic carbocycles. The van der Waals surface area contributed by atoms with Crippen molar-refractivity contribution < 1.29 is 4.79 Å². The summed E-state index contributed by atoms with van der Waals surface area (Å²) in [7, 11) is 1.81. The summed E-state index contributed by atoms with van der Waals surface area (Å²) in [5.74, 6) is -0.0376. The topological polar surface area (TPSA) is 33.2 Å². The first-order valence-electron chi connectivity index (χ1n) is 7.50. The molecule has 0 aliphatic heterocycles. The van der Waals surface area contributed by atoms with Gasteiger partial charge in [0.25, 0.3) is 5.91 Å². The minimum Gasteiger partial charge on any atom is -0.336 e. The van der Waals surface area contributed by atoms with Gasteiger partial charge in [-0.1, -0.05) is 60.7 Å². The molecular weight excluding hydrogens is 304 g/mol. The number of hydrogen-bond acceptors (Lipinski definition) is 3. The number of aromatic nitrogens is 1. The highest BCUT2D eigenvalue weighted by molar-refractivity contribution is 7.09. The Morgan fingerprint density at radius 2 is 1.61 bits per heavy atom. The average molecular weight is 322 g/mol. The zero-order valence-electron chi connectivity index (χ0n) is 13.0. The molecule has 0 N–H and O–H groups in total. The van der Waals surface area contributed by atoms with Gasteiger partial charge in [-0.3, -0.25) is 4.79 Å². The van der Waals surface area contributed by atoms with E-state index in [1.54, 1.807) is 4.90 Å². The first kappa shape index (κ1) is 15.4. The van der Waals surface area contributed by atoms with Crippen molar-refractivity contribution in [3.05, 3.63) is 87.9 Å². The fourth-order valence-electron chi connectivity index (χ4n) is 2.39. The van der Waals surface area contributed by atoms with Crippen molar-refractivity contribution >= 4 is 17.2 Å². The molecule has 0 radical (unpaired) electrons. The fraction of sp³-hybridized carbons (Fsp3) is 0.158. The van der Waals surface area contributed by atoms with E-state index in [9.17, 15) is 4.79 Å². The molecule has 1 aromatic heterocycles. The third kappa shape index (κ3) is 4.05. The van der Waals surface area contributed by atoms with Crippen LogP contribution in [0, 0.1) is 0 Å². The molecule has 0 spiro atoms. The third-order valence-corrected chi connectivity index (χ3v) is 4.43. The largest absolute Gasteiger partial charge is 0.336 e. The van der Waals surface area contributed by atoms with Gasteiger partial charge in [0.15, 0.2) is 0 Å². The molecular formula is C19H18N2OS. The van der Waals surface area contributed by atoms with Crippen LogP contribution in [-0.4, -0.2) is 22.8 Å². The van der Waals surface area contributed by atoms with Crippen LogP contribution < -0.4 is 0 Å². The molecule has 2 aromatic carbocycles. The van der Waals surface area contributed by atoms with Crippen molar-refractivity contribution in [2.24, 2.45) is 0 Å². The van der Waals surface area contributed by atoms with Gasteiger partial charge in [0.05, 0.1) is 5.01 Å². The Bertz CT molecular complexity index is 768. The number of thiazole rings is 1. The molecule has 3 nitrogen and oxygen atoms in total. The second kappa shape index (κ2) is 7.20. The summed E-state index contributed by atoms with van der Waals surface area (Å²) in [6.45, 7) is 0.589. The van der Waals surface area contributed by atoms with Gasteiger partial charge in [-0.05, 0) is 11.1 Å². The number of benzene rings is 2. The number of hydrogen-bond donors (Lipinski definition) is 0. The Hall–Kier alpha value is -2.46. The van der Waals surface area contributed by atoms with Gasteiger partial charge in [-0.2, -0.15) is 0 Å². The molecule has 4 heteroatoms. The highest BCUT2D eigenvalue weighted by atomic mass is 32.1. The van der Waals surface area contributed by atoms with E-state index in [4.69, 9.17) is 0 Å². The normalized spacial score (nSPS) is 10.5. The van der Waals surface area contributed by atoms with Gasteiger partial charge in [-0.25, -0.2) is 4.98 Å². The Balaban J connectivity index is 1.66. The van der Waals surface area contributed by atoms with Gasteiger partial charge < -0.3 is 4.90 Å². The lowest BCUT2D eigenvalue weighted by Crippen LogP contribution is -2.26. The monoisotopic (exact) mass is 322 g/mol. The predicted octanol–water partition coefficient (Wildman–Crippen LogP) is 4.01. The summed E-state index contributed by atoms with van der Waals surface area (Å²) in [6, 6.07) is 20.2. The van der Waals surface area contributed by atoms with E-state index in [-0.39, 0.29) is 5.91 Å². The molecule has 3 aromatic rings. The van der Waals surface area contributed by atoms with Crippen molar-refractivity contribution in [2.45, 2.75) is 13.0 Å². The maximum atomic E-state index is 12.5. The number of carbonyl (C=O) groups is 1. The molecule has 0 aliphatic rings. The maximum Gasteiger partial charge on any atom is 0.273 e. The highest BCUT2D eigenvalue weighted by Crippen LogP contribution is 2.16. The molecule has 1 heterocycles. The van der Waals surface area contributed by atoms with E-state index in [0.29, 0.717) is 12.2 Å².